The number of benzene rings is 1. The lowest BCUT2D eigenvalue weighted by molar-refractivity contribution is 0.208. The van der Waals surface area contributed by atoms with Gasteiger partial charge in [0.1, 0.15) is 0 Å². The fourth-order valence-corrected chi connectivity index (χ4v) is 2.21. The van der Waals surface area contributed by atoms with Crippen LogP contribution in [0, 0.1) is 5.92 Å². The second-order valence-corrected chi connectivity index (χ2v) is 5.38. The molecule has 96 valence electrons. The first-order valence-electron chi connectivity index (χ1n) is 6.53. The molecule has 1 rings (SSSR count). The molecule has 0 heterocycles. The maximum Gasteiger partial charge on any atom is 0.0493 e. The molecule has 2 heteroatoms. The van der Waals surface area contributed by atoms with Crippen LogP contribution >= 0.6 is 0 Å². The summed E-state index contributed by atoms with van der Waals surface area (Å²) in [5.41, 5.74) is 7.45. The quantitative estimate of drug-likeness (QED) is 0.819. The molecule has 0 fully saturated rings. The van der Waals surface area contributed by atoms with Crippen molar-refractivity contribution in [3.63, 3.8) is 0 Å². The van der Waals surface area contributed by atoms with Gasteiger partial charge in [0.25, 0.3) is 0 Å². The van der Waals surface area contributed by atoms with Gasteiger partial charge in [-0.2, -0.15) is 0 Å². The number of nitrogens with two attached hydrogens (primary N) is 1. The molecule has 2 N–H and O–H groups in total. The molecular formula is C15H26N2. The van der Waals surface area contributed by atoms with E-state index in [1.165, 1.54) is 12.0 Å². The van der Waals surface area contributed by atoms with Crippen LogP contribution < -0.4 is 5.73 Å². The molecule has 0 aliphatic carbocycles. The van der Waals surface area contributed by atoms with Crippen molar-refractivity contribution in [3.8, 4) is 0 Å². The topological polar surface area (TPSA) is 29.3 Å². The molecule has 17 heavy (non-hydrogen) atoms. The van der Waals surface area contributed by atoms with Crippen molar-refractivity contribution in [3.05, 3.63) is 35.9 Å². The molecule has 0 aliphatic rings. The van der Waals surface area contributed by atoms with Crippen molar-refractivity contribution >= 4 is 0 Å². The van der Waals surface area contributed by atoms with Crippen molar-refractivity contribution in [1.29, 1.82) is 0 Å². The summed E-state index contributed by atoms with van der Waals surface area (Å²) in [4.78, 5) is 2.38. The van der Waals surface area contributed by atoms with E-state index in [0.717, 1.165) is 12.5 Å². The van der Waals surface area contributed by atoms with E-state index in [1.54, 1.807) is 0 Å². The smallest absolute Gasteiger partial charge is 0.0493 e. The maximum atomic E-state index is 6.13. The minimum absolute atomic E-state index is 0.148. The third kappa shape index (κ3) is 4.49. The van der Waals surface area contributed by atoms with Gasteiger partial charge in [-0.1, -0.05) is 44.2 Å². The van der Waals surface area contributed by atoms with Gasteiger partial charge >= 0.3 is 0 Å². The van der Waals surface area contributed by atoms with Gasteiger partial charge < -0.3 is 5.73 Å². The number of rotatable bonds is 6. The van der Waals surface area contributed by atoms with Crippen molar-refractivity contribution in [2.45, 2.75) is 39.3 Å². The Bertz CT molecular complexity index is 306. The Hall–Kier alpha value is -0.860. The van der Waals surface area contributed by atoms with E-state index >= 15 is 0 Å². The lowest BCUT2D eigenvalue weighted by Crippen LogP contribution is -2.38. The van der Waals surface area contributed by atoms with Crippen molar-refractivity contribution in [1.82, 2.24) is 4.90 Å². The molecule has 2 unspecified atom stereocenters. The zero-order chi connectivity index (χ0) is 12.8. The van der Waals surface area contributed by atoms with Gasteiger partial charge in [0.2, 0.25) is 0 Å². The summed E-state index contributed by atoms with van der Waals surface area (Å²) in [6.45, 7) is 7.71. The fraction of sp³-hybridized carbons (Fsp3) is 0.600. The molecule has 2 nitrogen and oxygen atoms in total. The minimum Gasteiger partial charge on any atom is -0.326 e. The predicted octanol–water partition coefficient (Wildman–Crippen LogP) is 3.05. The van der Waals surface area contributed by atoms with Crippen LogP contribution in [0.1, 0.15) is 38.8 Å². The highest BCUT2D eigenvalue weighted by Crippen LogP contribution is 2.22. The van der Waals surface area contributed by atoms with Crippen LogP contribution in [0.3, 0.4) is 0 Å². The molecule has 0 amide bonds. The van der Waals surface area contributed by atoms with E-state index in [-0.39, 0.29) is 6.04 Å². The maximum absolute atomic E-state index is 6.13. The summed E-state index contributed by atoms with van der Waals surface area (Å²) in [6.07, 6.45) is 1.21. The minimum atomic E-state index is 0.148. The molecule has 1 aromatic rings. The Morgan fingerprint density at radius 2 is 1.71 bits per heavy atom. The summed E-state index contributed by atoms with van der Waals surface area (Å²) < 4.78 is 0. The summed E-state index contributed by atoms with van der Waals surface area (Å²) >= 11 is 0. The summed E-state index contributed by atoms with van der Waals surface area (Å²) in [5, 5.41) is 0. The average Bonchev–Trinajstić information content (AvgIpc) is 2.27. The van der Waals surface area contributed by atoms with E-state index in [2.05, 4.69) is 63.1 Å². The highest BCUT2D eigenvalue weighted by atomic mass is 15.1. The molecule has 1 aromatic carbocycles. The van der Waals surface area contributed by atoms with E-state index in [4.69, 9.17) is 5.73 Å². The van der Waals surface area contributed by atoms with E-state index in [1.807, 2.05) is 0 Å². The third-order valence-electron chi connectivity index (χ3n) is 3.17. The van der Waals surface area contributed by atoms with Gasteiger partial charge in [0.15, 0.2) is 0 Å². The van der Waals surface area contributed by atoms with E-state index in [0.29, 0.717) is 6.04 Å². The molecule has 0 aromatic heterocycles. The van der Waals surface area contributed by atoms with E-state index in [9.17, 15) is 0 Å². The highest BCUT2D eigenvalue weighted by molar-refractivity contribution is 5.20. The van der Waals surface area contributed by atoms with Gasteiger partial charge in [-0.25, -0.2) is 0 Å². The Morgan fingerprint density at radius 3 is 2.18 bits per heavy atom. The Labute approximate surface area is 106 Å². The number of nitrogens with zero attached hydrogens (tertiary/aromatic N) is 1. The van der Waals surface area contributed by atoms with Crippen LogP contribution in [-0.4, -0.2) is 24.5 Å². The molecule has 0 spiro atoms. The van der Waals surface area contributed by atoms with Gasteiger partial charge in [-0.3, -0.25) is 4.90 Å². The lowest BCUT2D eigenvalue weighted by Gasteiger charge is -2.32. The SMILES string of the molecule is CC(C)CCN(C)C(c1ccccc1)C(C)N. The second kappa shape index (κ2) is 6.77. The molecule has 0 aliphatic heterocycles. The Kier molecular flexibility index (Phi) is 5.66. The van der Waals surface area contributed by atoms with Gasteiger partial charge in [0.05, 0.1) is 0 Å². The van der Waals surface area contributed by atoms with Crippen LogP contribution in [0.2, 0.25) is 0 Å². The second-order valence-electron chi connectivity index (χ2n) is 5.38. The normalized spacial score (nSPS) is 15.2. The zero-order valence-corrected chi connectivity index (χ0v) is 11.6. The Balaban J connectivity index is 2.72. The number of hydrogen-bond donors (Lipinski definition) is 1. The predicted molar refractivity (Wildman–Crippen MR) is 74.9 cm³/mol. The summed E-state index contributed by atoms with van der Waals surface area (Å²) in [7, 11) is 2.17. The molecule has 2 atom stereocenters. The number of hydrogen-bond acceptors (Lipinski definition) is 2. The average molecular weight is 234 g/mol. The van der Waals surface area contributed by atoms with Crippen LogP contribution in [0.15, 0.2) is 30.3 Å². The van der Waals surface area contributed by atoms with Gasteiger partial charge in [-0.05, 0) is 38.4 Å². The van der Waals surface area contributed by atoms with Crippen molar-refractivity contribution in [2.75, 3.05) is 13.6 Å². The van der Waals surface area contributed by atoms with Crippen LogP contribution in [-0.2, 0) is 0 Å². The molecule has 0 saturated carbocycles. The first kappa shape index (κ1) is 14.2. The fourth-order valence-electron chi connectivity index (χ4n) is 2.21. The molecular weight excluding hydrogens is 208 g/mol. The van der Waals surface area contributed by atoms with Crippen molar-refractivity contribution in [2.24, 2.45) is 11.7 Å². The van der Waals surface area contributed by atoms with Gasteiger partial charge in [-0.15, -0.1) is 0 Å². The first-order chi connectivity index (χ1) is 8.02. The monoisotopic (exact) mass is 234 g/mol. The molecule has 0 radical (unpaired) electrons. The standard InChI is InChI=1S/C15H26N2/c1-12(2)10-11-17(4)15(13(3)16)14-8-6-5-7-9-14/h5-9,12-13,15H,10-11,16H2,1-4H3. The largest absolute Gasteiger partial charge is 0.326 e. The van der Waals surface area contributed by atoms with Crippen LogP contribution in [0.5, 0.6) is 0 Å². The van der Waals surface area contributed by atoms with Gasteiger partial charge in [0, 0.05) is 12.1 Å². The molecule has 0 saturated heterocycles. The van der Waals surface area contributed by atoms with Crippen LogP contribution in [0.25, 0.3) is 0 Å². The van der Waals surface area contributed by atoms with Crippen LogP contribution in [0.4, 0.5) is 0 Å². The van der Waals surface area contributed by atoms with E-state index < -0.39 is 0 Å². The zero-order valence-electron chi connectivity index (χ0n) is 11.6. The summed E-state index contributed by atoms with van der Waals surface area (Å²) in [5.74, 6) is 0.738. The summed E-state index contributed by atoms with van der Waals surface area (Å²) in [6, 6.07) is 11.0. The highest BCUT2D eigenvalue weighted by Gasteiger charge is 2.20. The Morgan fingerprint density at radius 1 is 1.12 bits per heavy atom. The lowest BCUT2D eigenvalue weighted by atomic mass is 9.99. The molecule has 0 bridgehead atoms. The van der Waals surface area contributed by atoms with Crippen molar-refractivity contribution < 1.29 is 0 Å². The third-order valence-corrected chi connectivity index (χ3v) is 3.17. The first-order valence-corrected chi connectivity index (χ1v) is 6.53. The number of likely N-dealkylation sites (N-methyl/N-ethyl adjacent to an activating group) is 1.